The first-order chi connectivity index (χ1) is 8.27. The number of benzene rings is 1. The van der Waals surface area contributed by atoms with E-state index in [2.05, 4.69) is 36.4 Å². The van der Waals surface area contributed by atoms with Crippen molar-refractivity contribution in [2.45, 2.75) is 13.0 Å². The van der Waals surface area contributed by atoms with Crippen LogP contribution in [-0.4, -0.2) is 13.2 Å². The molecule has 98 valence electrons. The van der Waals surface area contributed by atoms with Gasteiger partial charge in [0, 0.05) is 6.04 Å². The van der Waals surface area contributed by atoms with E-state index < -0.39 is 0 Å². The van der Waals surface area contributed by atoms with Gasteiger partial charge in [0.15, 0.2) is 0 Å². The average Bonchev–Trinajstić information content (AvgIpc) is 2.77. The number of rotatable bonds is 3. The summed E-state index contributed by atoms with van der Waals surface area (Å²) in [5.74, 6) is 2.31. The smallest absolute Gasteiger partial charge is 0.0503 e. The summed E-state index contributed by atoms with van der Waals surface area (Å²) in [7, 11) is 0. The van der Waals surface area contributed by atoms with Gasteiger partial charge in [0.2, 0.25) is 0 Å². The van der Waals surface area contributed by atoms with E-state index in [1.165, 1.54) is 11.1 Å². The molecule has 0 bridgehead atoms. The van der Waals surface area contributed by atoms with Gasteiger partial charge in [0.05, 0.1) is 13.2 Å². The van der Waals surface area contributed by atoms with Gasteiger partial charge >= 0.3 is 0 Å². The minimum Gasteiger partial charge on any atom is -0.381 e. The second-order valence-corrected chi connectivity index (χ2v) is 5.22. The quantitative estimate of drug-likeness (QED) is 0.912. The van der Waals surface area contributed by atoms with Crippen LogP contribution in [0.3, 0.4) is 0 Å². The minimum absolute atomic E-state index is 0. The van der Waals surface area contributed by atoms with Crippen LogP contribution in [0.1, 0.15) is 24.1 Å². The van der Waals surface area contributed by atoms with Crippen molar-refractivity contribution in [1.29, 1.82) is 0 Å². The Labute approximate surface area is 115 Å². The van der Waals surface area contributed by atoms with Crippen LogP contribution in [0, 0.1) is 17.8 Å². The van der Waals surface area contributed by atoms with Crippen LogP contribution in [0.25, 0.3) is 6.08 Å². The maximum atomic E-state index is 5.97. The van der Waals surface area contributed by atoms with E-state index in [1.807, 2.05) is 6.92 Å². The molecular formula is C15H20ClNO. The van der Waals surface area contributed by atoms with Gasteiger partial charge in [-0.15, -0.1) is 12.4 Å². The first-order valence-corrected chi connectivity index (χ1v) is 6.38. The molecule has 1 heterocycles. The van der Waals surface area contributed by atoms with Crippen molar-refractivity contribution in [3.05, 3.63) is 41.5 Å². The lowest BCUT2D eigenvalue weighted by molar-refractivity contribution is 0.157. The van der Waals surface area contributed by atoms with Gasteiger partial charge in [-0.2, -0.15) is 0 Å². The van der Waals surface area contributed by atoms with Crippen molar-refractivity contribution >= 4 is 18.5 Å². The fraction of sp³-hybridized carbons (Fsp3) is 0.467. The molecule has 2 nitrogen and oxygen atoms in total. The van der Waals surface area contributed by atoms with Gasteiger partial charge in [-0.25, -0.2) is 0 Å². The van der Waals surface area contributed by atoms with E-state index in [-0.39, 0.29) is 18.4 Å². The number of hydrogen-bond donors (Lipinski definition) is 1. The summed E-state index contributed by atoms with van der Waals surface area (Å²) in [5.41, 5.74) is 8.46. The van der Waals surface area contributed by atoms with E-state index >= 15 is 0 Å². The number of allylic oxidation sites excluding steroid dienone is 1. The topological polar surface area (TPSA) is 35.2 Å². The maximum Gasteiger partial charge on any atom is 0.0503 e. The fourth-order valence-electron chi connectivity index (χ4n) is 2.86. The van der Waals surface area contributed by atoms with Crippen LogP contribution < -0.4 is 5.73 Å². The van der Waals surface area contributed by atoms with Crippen LogP contribution in [-0.2, 0) is 4.74 Å². The van der Waals surface area contributed by atoms with Crippen molar-refractivity contribution in [1.82, 2.24) is 0 Å². The van der Waals surface area contributed by atoms with Gasteiger partial charge in [-0.3, -0.25) is 0 Å². The van der Waals surface area contributed by atoms with Crippen molar-refractivity contribution in [2.75, 3.05) is 13.2 Å². The Kier molecular flexibility index (Phi) is 4.10. The van der Waals surface area contributed by atoms with Crippen molar-refractivity contribution in [3.8, 4) is 0 Å². The first kappa shape index (κ1) is 13.6. The molecule has 4 atom stereocenters. The number of ether oxygens (including phenoxy) is 1. The summed E-state index contributed by atoms with van der Waals surface area (Å²) in [5, 5.41) is 0. The van der Waals surface area contributed by atoms with Gasteiger partial charge in [-0.05, 0) is 35.8 Å². The molecule has 2 N–H and O–H groups in total. The van der Waals surface area contributed by atoms with Gasteiger partial charge < -0.3 is 10.5 Å². The van der Waals surface area contributed by atoms with Gasteiger partial charge in [0.1, 0.15) is 0 Å². The Morgan fingerprint density at radius 1 is 1.28 bits per heavy atom. The molecular weight excluding hydrogens is 246 g/mol. The monoisotopic (exact) mass is 265 g/mol. The molecule has 2 aliphatic rings. The predicted molar refractivity (Wildman–Crippen MR) is 76.6 cm³/mol. The molecule has 0 spiro atoms. The molecule has 1 aliphatic heterocycles. The standard InChI is InChI=1S/C15H19NO.ClH/c1-10(16)12-5-3-2-4-11(12)6-7-13-14-8-17-9-15(13)14;/h2-7,10,13-15H,8-9,16H2,1H3;1H/b7-6+;/t10-,13?,14-,15+;/m0./s1. The zero-order valence-electron chi connectivity index (χ0n) is 10.6. The van der Waals surface area contributed by atoms with E-state index in [0.717, 1.165) is 31.0 Å². The summed E-state index contributed by atoms with van der Waals surface area (Å²) in [6, 6.07) is 8.47. The number of fused-ring (bicyclic) bond motifs is 1. The Bertz CT molecular complexity index is 434. The van der Waals surface area contributed by atoms with Crippen molar-refractivity contribution in [2.24, 2.45) is 23.5 Å². The third kappa shape index (κ3) is 2.46. The van der Waals surface area contributed by atoms with Gasteiger partial charge in [0.25, 0.3) is 0 Å². The number of halogens is 1. The third-order valence-corrected chi connectivity index (χ3v) is 4.00. The highest BCUT2D eigenvalue weighted by molar-refractivity contribution is 5.85. The molecule has 1 unspecified atom stereocenters. The molecule has 1 saturated heterocycles. The Morgan fingerprint density at radius 2 is 1.94 bits per heavy atom. The third-order valence-electron chi connectivity index (χ3n) is 4.00. The maximum absolute atomic E-state index is 5.97. The highest BCUT2D eigenvalue weighted by atomic mass is 35.5. The average molecular weight is 266 g/mol. The molecule has 1 aliphatic carbocycles. The summed E-state index contributed by atoms with van der Waals surface area (Å²) in [6.07, 6.45) is 4.58. The Hall–Kier alpha value is -0.830. The van der Waals surface area contributed by atoms with Crippen LogP contribution in [0.4, 0.5) is 0 Å². The molecule has 3 rings (SSSR count). The van der Waals surface area contributed by atoms with Crippen molar-refractivity contribution < 1.29 is 4.74 Å². The summed E-state index contributed by atoms with van der Waals surface area (Å²) in [6.45, 7) is 3.94. The van der Waals surface area contributed by atoms with E-state index in [0.29, 0.717) is 0 Å². The van der Waals surface area contributed by atoms with Crippen LogP contribution >= 0.6 is 12.4 Å². The fourth-order valence-corrected chi connectivity index (χ4v) is 2.86. The highest BCUT2D eigenvalue weighted by Gasteiger charge is 2.52. The summed E-state index contributed by atoms with van der Waals surface area (Å²) < 4.78 is 5.40. The van der Waals surface area contributed by atoms with Crippen molar-refractivity contribution in [3.63, 3.8) is 0 Å². The highest BCUT2D eigenvalue weighted by Crippen LogP contribution is 2.51. The Balaban J connectivity index is 0.00000120. The van der Waals surface area contributed by atoms with Gasteiger partial charge in [-0.1, -0.05) is 36.4 Å². The van der Waals surface area contributed by atoms with E-state index in [9.17, 15) is 0 Å². The SMILES string of the molecule is C[C@H](N)c1ccccc1/C=C/C1[C@H]2COC[C@@H]12.Cl. The lowest BCUT2D eigenvalue weighted by atomic mass is 10.0. The second-order valence-electron chi connectivity index (χ2n) is 5.22. The zero-order valence-corrected chi connectivity index (χ0v) is 11.4. The molecule has 0 radical (unpaired) electrons. The molecule has 2 fully saturated rings. The molecule has 0 amide bonds. The largest absolute Gasteiger partial charge is 0.381 e. The molecule has 3 heteroatoms. The number of hydrogen-bond acceptors (Lipinski definition) is 2. The molecule has 18 heavy (non-hydrogen) atoms. The minimum atomic E-state index is 0. The molecule has 1 saturated carbocycles. The lowest BCUT2D eigenvalue weighted by Crippen LogP contribution is -2.06. The van der Waals surface area contributed by atoms with E-state index in [1.54, 1.807) is 0 Å². The van der Waals surface area contributed by atoms with E-state index in [4.69, 9.17) is 10.5 Å². The first-order valence-electron chi connectivity index (χ1n) is 6.38. The summed E-state index contributed by atoms with van der Waals surface area (Å²) >= 11 is 0. The Morgan fingerprint density at radius 3 is 2.61 bits per heavy atom. The van der Waals surface area contributed by atoms with Crippen LogP contribution in [0.2, 0.25) is 0 Å². The molecule has 1 aromatic rings. The normalized spacial score (nSPS) is 30.9. The zero-order chi connectivity index (χ0) is 11.8. The second kappa shape index (κ2) is 5.43. The molecule has 0 aromatic heterocycles. The number of nitrogens with two attached hydrogens (primary N) is 1. The molecule has 1 aromatic carbocycles. The van der Waals surface area contributed by atoms with Crippen LogP contribution in [0.5, 0.6) is 0 Å². The lowest BCUT2D eigenvalue weighted by Gasteiger charge is -2.09. The summed E-state index contributed by atoms with van der Waals surface area (Å²) in [4.78, 5) is 0. The predicted octanol–water partition coefficient (Wildman–Crippen LogP) is 3.03. The van der Waals surface area contributed by atoms with Crippen LogP contribution in [0.15, 0.2) is 30.3 Å².